The molecule has 100 valence electrons. The average Bonchev–Trinajstić information content (AvgIpc) is 2.42. The van der Waals surface area contributed by atoms with Crippen LogP contribution < -0.4 is 5.32 Å². The van der Waals surface area contributed by atoms with Crippen molar-refractivity contribution < 1.29 is 0 Å². The SMILES string of the molecule is CCCNC(c1ccccc1C)c1ncccc1Br. The second-order valence-corrected chi connectivity index (χ2v) is 5.47. The van der Waals surface area contributed by atoms with E-state index >= 15 is 0 Å². The summed E-state index contributed by atoms with van der Waals surface area (Å²) in [7, 11) is 0. The van der Waals surface area contributed by atoms with E-state index in [0.29, 0.717) is 0 Å². The number of rotatable bonds is 5. The highest BCUT2D eigenvalue weighted by Crippen LogP contribution is 2.28. The van der Waals surface area contributed by atoms with Gasteiger partial charge in [0.05, 0.1) is 11.7 Å². The number of nitrogens with zero attached hydrogens (tertiary/aromatic N) is 1. The molecule has 1 N–H and O–H groups in total. The third-order valence-corrected chi connectivity index (χ3v) is 3.83. The summed E-state index contributed by atoms with van der Waals surface area (Å²) in [6, 6.07) is 12.6. The molecule has 0 bridgehead atoms. The van der Waals surface area contributed by atoms with Crippen LogP contribution in [0.5, 0.6) is 0 Å². The van der Waals surface area contributed by atoms with E-state index in [9.17, 15) is 0 Å². The maximum atomic E-state index is 4.54. The van der Waals surface area contributed by atoms with E-state index in [1.807, 2.05) is 18.3 Å². The molecule has 2 rings (SSSR count). The molecule has 0 radical (unpaired) electrons. The molecule has 19 heavy (non-hydrogen) atoms. The Morgan fingerprint density at radius 1 is 1.21 bits per heavy atom. The molecule has 0 saturated heterocycles. The van der Waals surface area contributed by atoms with Crippen LogP contribution in [0.3, 0.4) is 0 Å². The molecule has 0 aliphatic rings. The Hall–Kier alpha value is -1.19. The summed E-state index contributed by atoms with van der Waals surface area (Å²) in [5.74, 6) is 0. The van der Waals surface area contributed by atoms with E-state index in [4.69, 9.17) is 0 Å². The van der Waals surface area contributed by atoms with Crippen LogP contribution in [0.1, 0.15) is 36.2 Å². The third kappa shape index (κ3) is 3.43. The zero-order valence-corrected chi connectivity index (χ0v) is 12.9. The molecule has 0 saturated carbocycles. The first-order valence-electron chi connectivity index (χ1n) is 6.63. The molecule has 0 amide bonds. The lowest BCUT2D eigenvalue weighted by atomic mass is 9.98. The van der Waals surface area contributed by atoms with E-state index in [-0.39, 0.29) is 6.04 Å². The average molecular weight is 319 g/mol. The van der Waals surface area contributed by atoms with Gasteiger partial charge in [-0.25, -0.2) is 0 Å². The zero-order chi connectivity index (χ0) is 13.7. The van der Waals surface area contributed by atoms with Gasteiger partial charge in [0.1, 0.15) is 0 Å². The summed E-state index contributed by atoms with van der Waals surface area (Å²) in [5.41, 5.74) is 3.62. The van der Waals surface area contributed by atoms with Crippen molar-refractivity contribution in [1.29, 1.82) is 0 Å². The Morgan fingerprint density at radius 3 is 2.68 bits per heavy atom. The number of nitrogens with one attached hydrogen (secondary N) is 1. The summed E-state index contributed by atoms with van der Waals surface area (Å²) in [6.07, 6.45) is 2.95. The Morgan fingerprint density at radius 2 is 2.00 bits per heavy atom. The Labute approximate surface area is 123 Å². The highest BCUT2D eigenvalue weighted by Gasteiger charge is 2.18. The number of benzene rings is 1. The third-order valence-electron chi connectivity index (χ3n) is 3.16. The van der Waals surface area contributed by atoms with Crippen molar-refractivity contribution in [3.05, 3.63) is 63.9 Å². The molecule has 0 spiro atoms. The monoisotopic (exact) mass is 318 g/mol. The van der Waals surface area contributed by atoms with E-state index in [0.717, 1.165) is 23.1 Å². The summed E-state index contributed by atoms with van der Waals surface area (Å²) in [4.78, 5) is 4.54. The van der Waals surface area contributed by atoms with Crippen molar-refractivity contribution in [2.75, 3.05) is 6.54 Å². The largest absolute Gasteiger partial charge is 0.305 e. The van der Waals surface area contributed by atoms with Crippen molar-refractivity contribution in [1.82, 2.24) is 10.3 Å². The summed E-state index contributed by atoms with van der Waals surface area (Å²) < 4.78 is 1.05. The number of pyridine rings is 1. The second-order valence-electron chi connectivity index (χ2n) is 4.61. The predicted molar refractivity (Wildman–Crippen MR) is 83.3 cm³/mol. The number of halogens is 1. The van der Waals surface area contributed by atoms with Crippen LogP contribution >= 0.6 is 15.9 Å². The first-order valence-corrected chi connectivity index (χ1v) is 7.42. The fourth-order valence-corrected chi connectivity index (χ4v) is 2.65. The lowest BCUT2D eigenvalue weighted by Gasteiger charge is -2.21. The number of hydrogen-bond acceptors (Lipinski definition) is 2. The first kappa shape index (κ1) is 14.2. The topological polar surface area (TPSA) is 24.9 Å². The molecular formula is C16H19BrN2. The van der Waals surface area contributed by atoms with Crippen LogP contribution in [0, 0.1) is 6.92 Å². The normalized spacial score (nSPS) is 12.4. The molecule has 1 aromatic carbocycles. The van der Waals surface area contributed by atoms with Crippen LogP contribution in [0.15, 0.2) is 47.1 Å². The molecule has 2 nitrogen and oxygen atoms in total. The summed E-state index contributed by atoms with van der Waals surface area (Å²) >= 11 is 3.61. The van der Waals surface area contributed by atoms with Crippen LogP contribution in [0.2, 0.25) is 0 Å². The lowest BCUT2D eigenvalue weighted by molar-refractivity contribution is 0.582. The van der Waals surface area contributed by atoms with Gasteiger partial charge in [0.2, 0.25) is 0 Å². The molecular weight excluding hydrogens is 300 g/mol. The number of aryl methyl sites for hydroxylation is 1. The molecule has 2 aromatic rings. The Balaban J connectivity index is 2.42. The minimum Gasteiger partial charge on any atom is -0.305 e. The van der Waals surface area contributed by atoms with Gasteiger partial charge in [-0.15, -0.1) is 0 Å². The van der Waals surface area contributed by atoms with Gasteiger partial charge in [-0.3, -0.25) is 4.98 Å². The molecule has 0 aliphatic heterocycles. The molecule has 0 aliphatic carbocycles. The van der Waals surface area contributed by atoms with Crippen molar-refractivity contribution in [2.45, 2.75) is 26.3 Å². The van der Waals surface area contributed by atoms with Crippen molar-refractivity contribution in [3.8, 4) is 0 Å². The van der Waals surface area contributed by atoms with E-state index in [1.54, 1.807) is 0 Å². The highest BCUT2D eigenvalue weighted by atomic mass is 79.9. The highest BCUT2D eigenvalue weighted by molar-refractivity contribution is 9.10. The molecule has 1 atom stereocenters. The zero-order valence-electron chi connectivity index (χ0n) is 11.4. The van der Waals surface area contributed by atoms with Gasteiger partial charge in [0.25, 0.3) is 0 Å². The maximum absolute atomic E-state index is 4.54. The molecule has 1 heterocycles. The van der Waals surface area contributed by atoms with Gasteiger partial charge in [0, 0.05) is 10.7 Å². The smallest absolute Gasteiger partial charge is 0.0765 e. The second kappa shape index (κ2) is 6.83. The van der Waals surface area contributed by atoms with Crippen molar-refractivity contribution in [2.24, 2.45) is 0 Å². The summed E-state index contributed by atoms with van der Waals surface area (Å²) in [5, 5.41) is 3.59. The fraction of sp³-hybridized carbons (Fsp3) is 0.312. The fourth-order valence-electron chi connectivity index (χ4n) is 2.16. The Kier molecular flexibility index (Phi) is 5.11. The van der Waals surface area contributed by atoms with Crippen LogP contribution in [-0.2, 0) is 0 Å². The van der Waals surface area contributed by atoms with Gasteiger partial charge in [-0.05, 0) is 59.1 Å². The van der Waals surface area contributed by atoms with Crippen molar-refractivity contribution >= 4 is 15.9 Å². The molecule has 3 heteroatoms. The van der Waals surface area contributed by atoms with Gasteiger partial charge < -0.3 is 5.32 Å². The summed E-state index contributed by atoms with van der Waals surface area (Å²) in [6.45, 7) is 5.30. The minimum atomic E-state index is 0.136. The Bertz CT molecular complexity index is 494. The van der Waals surface area contributed by atoms with Crippen LogP contribution in [0.25, 0.3) is 0 Å². The van der Waals surface area contributed by atoms with Gasteiger partial charge in [0.15, 0.2) is 0 Å². The van der Waals surface area contributed by atoms with E-state index < -0.39 is 0 Å². The number of hydrogen-bond donors (Lipinski definition) is 1. The molecule has 1 unspecified atom stereocenters. The van der Waals surface area contributed by atoms with Gasteiger partial charge >= 0.3 is 0 Å². The lowest BCUT2D eigenvalue weighted by Crippen LogP contribution is -2.25. The van der Waals surface area contributed by atoms with E-state index in [1.165, 1.54) is 11.1 Å². The first-order chi connectivity index (χ1) is 9.24. The van der Waals surface area contributed by atoms with Gasteiger partial charge in [-0.1, -0.05) is 31.2 Å². The van der Waals surface area contributed by atoms with Crippen molar-refractivity contribution in [3.63, 3.8) is 0 Å². The molecule has 1 aromatic heterocycles. The molecule has 0 fully saturated rings. The van der Waals surface area contributed by atoms with Crippen LogP contribution in [0.4, 0.5) is 0 Å². The van der Waals surface area contributed by atoms with Gasteiger partial charge in [-0.2, -0.15) is 0 Å². The number of aromatic nitrogens is 1. The van der Waals surface area contributed by atoms with E-state index in [2.05, 4.69) is 64.3 Å². The standard InChI is InChI=1S/C16H19BrN2/c1-3-10-18-15(13-8-5-4-7-12(13)2)16-14(17)9-6-11-19-16/h4-9,11,15,18H,3,10H2,1-2H3. The predicted octanol–water partition coefficient (Wildman–Crippen LogP) is 4.24. The minimum absolute atomic E-state index is 0.136. The maximum Gasteiger partial charge on any atom is 0.0765 e. The van der Waals surface area contributed by atoms with Crippen LogP contribution in [-0.4, -0.2) is 11.5 Å². The quantitative estimate of drug-likeness (QED) is 0.891.